The molecule has 100 valence electrons. The van der Waals surface area contributed by atoms with Gasteiger partial charge in [-0.2, -0.15) is 5.10 Å². The summed E-state index contributed by atoms with van der Waals surface area (Å²) in [5.74, 6) is -1.07. The number of nitrogens with zero attached hydrogens (tertiary/aromatic N) is 2. The SMILES string of the molecule is Cc1nn(-c2cccc(Cl)c2)c(C)c1C(N)C(=O)O. The van der Waals surface area contributed by atoms with E-state index >= 15 is 0 Å². The Morgan fingerprint density at radius 2 is 2.16 bits per heavy atom. The van der Waals surface area contributed by atoms with Crippen LogP contribution in [0.25, 0.3) is 5.69 Å². The summed E-state index contributed by atoms with van der Waals surface area (Å²) < 4.78 is 1.65. The Morgan fingerprint density at radius 1 is 1.47 bits per heavy atom. The van der Waals surface area contributed by atoms with E-state index in [2.05, 4.69) is 5.10 Å². The molecule has 1 aromatic heterocycles. The number of aliphatic carboxylic acids is 1. The number of carboxylic acids is 1. The molecule has 0 spiro atoms. The minimum absolute atomic E-state index is 0.535. The van der Waals surface area contributed by atoms with Gasteiger partial charge in [-0.05, 0) is 32.0 Å². The first-order chi connectivity index (χ1) is 8.91. The molecule has 0 radical (unpaired) electrons. The van der Waals surface area contributed by atoms with Gasteiger partial charge in [0.2, 0.25) is 0 Å². The van der Waals surface area contributed by atoms with Gasteiger partial charge in [0.25, 0.3) is 0 Å². The normalized spacial score (nSPS) is 12.4. The Morgan fingerprint density at radius 3 is 2.74 bits per heavy atom. The summed E-state index contributed by atoms with van der Waals surface area (Å²) in [7, 11) is 0. The quantitative estimate of drug-likeness (QED) is 0.903. The van der Waals surface area contributed by atoms with Crippen LogP contribution in [0.1, 0.15) is 23.0 Å². The topological polar surface area (TPSA) is 81.1 Å². The summed E-state index contributed by atoms with van der Waals surface area (Å²) in [5, 5.41) is 14.0. The first kappa shape index (κ1) is 13.6. The first-order valence-corrected chi connectivity index (χ1v) is 6.10. The lowest BCUT2D eigenvalue weighted by Gasteiger charge is -2.08. The van der Waals surface area contributed by atoms with Crippen LogP contribution in [0.5, 0.6) is 0 Å². The summed E-state index contributed by atoms with van der Waals surface area (Å²) in [6.07, 6.45) is 0. The highest BCUT2D eigenvalue weighted by Crippen LogP contribution is 2.24. The van der Waals surface area contributed by atoms with E-state index in [0.717, 1.165) is 5.69 Å². The van der Waals surface area contributed by atoms with Gasteiger partial charge in [-0.1, -0.05) is 17.7 Å². The van der Waals surface area contributed by atoms with Gasteiger partial charge < -0.3 is 10.8 Å². The maximum atomic E-state index is 11.0. The zero-order valence-electron chi connectivity index (χ0n) is 10.6. The molecule has 1 heterocycles. The minimum atomic E-state index is -1.08. The molecular formula is C13H14ClN3O2. The number of hydrogen-bond donors (Lipinski definition) is 2. The number of rotatable bonds is 3. The smallest absolute Gasteiger partial charge is 0.325 e. The van der Waals surface area contributed by atoms with Crippen molar-refractivity contribution in [1.29, 1.82) is 0 Å². The Kier molecular flexibility index (Phi) is 3.59. The van der Waals surface area contributed by atoms with E-state index in [0.29, 0.717) is 22.0 Å². The largest absolute Gasteiger partial charge is 0.480 e. The van der Waals surface area contributed by atoms with Gasteiger partial charge >= 0.3 is 5.97 Å². The summed E-state index contributed by atoms with van der Waals surface area (Å²) >= 11 is 5.95. The van der Waals surface area contributed by atoms with Gasteiger partial charge in [0.1, 0.15) is 6.04 Å². The van der Waals surface area contributed by atoms with Crippen molar-refractivity contribution in [3.8, 4) is 5.69 Å². The Labute approximate surface area is 115 Å². The Bertz CT molecular complexity index is 637. The maximum Gasteiger partial charge on any atom is 0.325 e. The molecule has 2 rings (SSSR count). The van der Waals surface area contributed by atoms with Gasteiger partial charge in [-0.15, -0.1) is 0 Å². The van der Waals surface area contributed by atoms with Crippen LogP contribution in [-0.4, -0.2) is 20.9 Å². The predicted octanol–water partition coefficient (Wildman–Crippen LogP) is 2.23. The van der Waals surface area contributed by atoms with Gasteiger partial charge in [-0.25, -0.2) is 4.68 Å². The molecule has 0 saturated carbocycles. The van der Waals surface area contributed by atoms with E-state index in [-0.39, 0.29) is 0 Å². The zero-order valence-corrected chi connectivity index (χ0v) is 11.3. The molecule has 19 heavy (non-hydrogen) atoms. The van der Waals surface area contributed by atoms with Crippen LogP contribution in [-0.2, 0) is 4.79 Å². The monoisotopic (exact) mass is 279 g/mol. The van der Waals surface area contributed by atoms with E-state index in [4.69, 9.17) is 22.4 Å². The van der Waals surface area contributed by atoms with Crippen LogP contribution in [0.15, 0.2) is 24.3 Å². The highest BCUT2D eigenvalue weighted by Gasteiger charge is 2.23. The van der Waals surface area contributed by atoms with E-state index in [9.17, 15) is 4.79 Å². The lowest BCUT2D eigenvalue weighted by Crippen LogP contribution is -2.22. The van der Waals surface area contributed by atoms with Crippen LogP contribution in [0.4, 0.5) is 0 Å². The molecule has 0 bridgehead atoms. The Balaban J connectivity index is 2.56. The zero-order chi connectivity index (χ0) is 14.2. The number of carbonyl (C=O) groups is 1. The van der Waals surface area contributed by atoms with Gasteiger partial charge in [0.05, 0.1) is 11.4 Å². The second kappa shape index (κ2) is 5.03. The summed E-state index contributed by atoms with van der Waals surface area (Å²) in [4.78, 5) is 11.0. The first-order valence-electron chi connectivity index (χ1n) is 5.72. The molecule has 0 aliphatic rings. The molecule has 0 saturated heterocycles. The third-order valence-electron chi connectivity index (χ3n) is 2.98. The van der Waals surface area contributed by atoms with Crippen molar-refractivity contribution in [3.63, 3.8) is 0 Å². The van der Waals surface area contributed by atoms with Gasteiger partial charge in [-0.3, -0.25) is 4.79 Å². The van der Waals surface area contributed by atoms with Crippen LogP contribution < -0.4 is 5.73 Å². The summed E-state index contributed by atoms with van der Waals surface area (Å²) in [5.41, 5.74) is 8.30. The van der Waals surface area contributed by atoms with Crippen molar-refractivity contribution in [1.82, 2.24) is 9.78 Å². The number of hydrogen-bond acceptors (Lipinski definition) is 3. The number of carboxylic acid groups (broad SMARTS) is 1. The lowest BCUT2D eigenvalue weighted by atomic mass is 10.1. The van der Waals surface area contributed by atoms with Gasteiger partial charge in [0, 0.05) is 16.3 Å². The third kappa shape index (κ3) is 2.47. The molecular weight excluding hydrogens is 266 g/mol. The lowest BCUT2D eigenvalue weighted by molar-refractivity contribution is -0.138. The standard InChI is InChI=1S/C13H14ClN3O2/c1-7-11(12(15)13(18)19)8(2)17(16-7)10-5-3-4-9(14)6-10/h3-6,12H,15H2,1-2H3,(H,18,19). The molecule has 6 heteroatoms. The van der Waals surface area contributed by atoms with E-state index in [1.807, 2.05) is 12.1 Å². The number of halogens is 1. The van der Waals surface area contributed by atoms with Gasteiger partial charge in [0.15, 0.2) is 0 Å². The van der Waals surface area contributed by atoms with Crippen LogP contribution >= 0.6 is 11.6 Å². The molecule has 1 unspecified atom stereocenters. The van der Waals surface area contributed by atoms with Crippen molar-refractivity contribution in [2.45, 2.75) is 19.9 Å². The second-order valence-electron chi connectivity index (χ2n) is 4.29. The molecule has 1 atom stereocenters. The number of nitrogens with two attached hydrogens (primary N) is 1. The van der Waals surface area contributed by atoms with Crippen LogP contribution in [0, 0.1) is 13.8 Å². The molecule has 0 fully saturated rings. The van der Waals surface area contributed by atoms with Crippen molar-refractivity contribution >= 4 is 17.6 Å². The number of aryl methyl sites for hydroxylation is 1. The highest BCUT2D eigenvalue weighted by atomic mass is 35.5. The fourth-order valence-corrected chi connectivity index (χ4v) is 2.27. The second-order valence-corrected chi connectivity index (χ2v) is 4.73. The predicted molar refractivity (Wildman–Crippen MR) is 72.6 cm³/mol. The van der Waals surface area contributed by atoms with E-state index in [1.165, 1.54) is 0 Å². The van der Waals surface area contributed by atoms with Crippen LogP contribution in [0.3, 0.4) is 0 Å². The van der Waals surface area contributed by atoms with E-state index < -0.39 is 12.0 Å². The fraction of sp³-hybridized carbons (Fsp3) is 0.231. The molecule has 0 aliphatic carbocycles. The third-order valence-corrected chi connectivity index (χ3v) is 3.21. The van der Waals surface area contributed by atoms with Crippen molar-refractivity contribution in [2.75, 3.05) is 0 Å². The minimum Gasteiger partial charge on any atom is -0.480 e. The van der Waals surface area contributed by atoms with Crippen molar-refractivity contribution in [2.24, 2.45) is 5.73 Å². The Hall–Kier alpha value is -1.85. The molecule has 0 aliphatic heterocycles. The fourth-order valence-electron chi connectivity index (χ4n) is 2.09. The van der Waals surface area contributed by atoms with Crippen molar-refractivity contribution in [3.05, 3.63) is 46.2 Å². The molecule has 1 aromatic carbocycles. The average molecular weight is 280 g/mol. The number of aromatic nitrogens is 2. The molecule has 3 N–H and O–H groups in total. The maximum absolute atomic E-state index is 11.0. The summed E-state index contributed by atoms with van der Waals surface area (Å²) in [6.45, 7) is 3.53. The average Bonchev–Trinajstić information content (AvgIpc) is 2.64. The van der Waals surface area contributed by atoms with Crippen LogP contribution in [0.2, 0.25) is 5.02 Å². The number of benzene rings is 1. The molecule has 2 aromatic rings. The highest BCUT2D eigenvalue weighted by molar-refractivity contribution is 6.30. The van der Waals surface area contributed by atoms with E-state index in [1.54, 1.807) is 30.7 Å². The summed E-state index contributed by atoms with van der Waals surface area (Å²) in [6, 6.07) is 6.11. The molecule has 0 amide bonds. The van der Waals surface area contributed by atoms with Crippen molar-refractivity contribution < 1.29 is 9.90 Å². The molecule has 5 nitrogen and oxygen atoms in total.